The Bertz CT molecular complexity index is 968. The molecule has 0 aliphatic carbocycles. The predicted molar refractivity (Wildman–Crippen MR) is 154 cm³/mol. The monoisotopic (exact) mass is 514 g/mol. The maximum atomic E-state index is 11.8. The molecule has 0 saturated carbocycles. The highest BCUT2D eigenvalue weighted by molar-refractivity contribution is 5.66. The first kappa shape index (κ1) is 32.6. The molecule has 208 valence electrons. The first-order valence-electron chi connectivity index (χ1n) is 13.4. The molecule has 0 heterocycles. The Balaban J connectivity index is 0.000000397. The normalized spacial score (nSPS) is 12.9. The molecule has 0 spiro atoms. The second-order valence-corrected chi connectivity index (χ2v) is 10.8. The van der Waals surface area contributed by atoms with E-state index in [9.17, 15) is 9.90 Å². The third kappa shape index (κ3) is 11.7. The third-order valence-corrected chi connectivity index (χ3v) is 6.28. The molecule has 0 aliphatic rings. The number of ether oxygens (including phenoxy) is 2. The highest BCUT2D eigenvalue weighted by Gasteiger charge is 2.33. The number of hydrogen-bond acceptors (Lipinski definition) is 4. The molecular formula is C31H50N2O4. The number of benzene rings is 2. The van der Waals surface area contributed by atoms with Gasteiger partial charge in [0.05, 0.1) is 19.3 Å². The minimum Gasteiger partial charge on any atom is -0.465 e. The minimum atomic E-state index is -0.901. The van der Waals surface area contributed by atoms with Gasteiger partial charge in [0.25, 0.3) is 0 Å². The molecule has 2 aromatic carbocycles. The van der Waals surface area contributed by atoms with Crippen LogP contribution >= 0.6 is 0 Å². The van der Waals surface area contributed by atoms with Crippen LogP contribution in [0, 0.1) is 27.7 Å². The van der Waals surface area contributed by atoms with Crippen LogP contribution in [0.2, 0.25) is 0 Å². The second-order valence-electron chi connectivity index (χ2n) is 10.8. The van der Waals surface area contributed by atoms with Gasteiger partial charge in [-0.25, -0.2) is 4.79 Å². The van der Waals surface area contributed by atoms with Crippen LogP contribution in [-0.2, 0) is 22.3 Å². The maximum Gasteiger partial charge on any atom is 0.408 e. The van der Waals surface area contributed by atoms with Crippen molar-refractivity contribution in [3.8, 4) is 0 Å². The largest absolute Gasteiger partial charge is 0.465 e. The van der Waals surface area contributed by atoms with Gasteiger partial charge < -0.3 is 20.3 Å². The molecule has 2 unspecified atom stereocenters. The minimum absolute atomic E-state index is 0.103. The highest BCUT2D eigenvalue weighted by atomic mass is 16.5. The molecule has 3 N–H and O–H groups in total. The van der Waals surface area contributed by atoms with E-state index in [0.717, 1.165) is 13.0 Å². The van der Waals surface area contributed by atoms with Crippen molar-refractivity contribution < 1.29 is 19.4 Å². The standard InChI is InChI=1S/C18H29NO3.C13H21NO/c1-7-22-12-16(19(17(20)21)18(4,5)6)11-15-9-8-13(2)10-14(15)3;1-4-15-9-13(14)8-12-6-5-10(2)7-11(12)3/h8-10,16H,7,11-12H2,1-6H3,(H,20,21);5-7,13H,4,8-9,14H2,1-3H3. The van der Waals surface area contributed by atoms with Crippen LogP contribution in [0.3, 0.4) is 0 Å². The van der Waals surface area contributed by atoms with Gasteiger partial charge in [0.15, 0.2) is 0 Å². The fourth-order valence-electron chi connectivity index (χ4n) is 4.48. The lowest BCUT2D eigenvalue weighted by Gasteiger charge is -2.39. The molecule has 2 rings (SSSR count). The van der Waals surface area contributed by atoms with Crippen LogP contribution in [0.1, 0.15) is 68.0 Å². The molecule has 0 aliphatic heterocycles. The van der Waals surface area contributed by atoms with E-state index in [4.69, 9.17) is 15.2 Å². The Labute approximate surface area is 225 Å². The number of aryl methyl sites for hydroxylation is 4. The van der Waals surface area contributed by atoms with Gasteiger partial charge in [0.1, 0.15) is 0 Å². The smallest absolute Gasteiger partial charge is 0.408 e. The predicted octanol–water partition coefficient (Wildman–Crippen LogP) is 6.24. The number of amides is 1. The van der Waals surface area contributed by atoms with Crippen molar-refractivity contribution in [2.45, 2.75) is 92.8 Å². The van der Waals surface area contributed by atoms with Crippen molar-refractivity contribution in [1.29, 1.82) is 0 Å². The van der Waals surface area contributed by atoms with Crippen LogP contribution in [0.25, 0.3) is 0 Å². The van der Waals surface area contributed by atoms with Crippen LogP contribution in [0.5, 0.6) is 0 Å². The number of rotatable bonds is 11. The Hall–Kier alpha value is -2.41. The fraction of sp³-hybridized carbons (Fsp3) is 0.581. The molecule has 0 fully saturated rings. The SMILES string of the molecule is CCOCC(Cc1ccc(C)cc1C)N(C(=O)O)C(C)(C)C.CCOCC(N)Cc1ccc(C)cc1C. The van der Waals surface area contributed by atoms with E-state index in [1.807, 2.05) is 34.6 Å². The Kier molecular flexibility index (Phi) is 13.9. The van der Waals surface area contributed by atoms with Crippen LogP contribution < -0.4 is 5.73 Å². The van der Waals surface area contributed by atoms with Crippen LogP contribution in [-0.4, -0.2) is 60.1 Å². The van der Waals surface area contributed by atoms with Crippen molar-refractivity contribution in [1.82, 2.24) is 4.90 Å². The van der Waals surface area contributed by atoms with E-state index in [1.54, 1.807) is 0 Å². The number of nitrogens with two attached hydrogens (primary N) is 1. The quantitative estimate of drug-likeness (QED) is 0.371. The zero-order chi connectivity index (χ0) is 28.2. The van der Waals surface area contributed by atoms with Crippen molar-refractivity contribution in [3.05, 3.63) is 69.8 Å². The summed E-state index contributed by atoms with van der Waals surface area (Å²) in [5.41, 5.74) is 13.0. The average molecular weight is 515 g/mol. The molecule has 0 aromatic heterocycles. The van der Waals surface area contributed by atoms with Gasteiger partial charge in [0.2, 0.25) is 0 Å². The Morgan fingerprint density at radius 2 is 1.32 bits per heavy atom. The molecule has 37 heavy (non-hydrogen) atoms. The molecule has 0 bridgehead atoms. The maximum absolute atomic E-state index is 11.8. The van der Waals surface area contributed by atoms with Crippen LogP contribution in [0.15, 0.2) is 36.4 Å². The molecule has 2 aromatic rings. The zero-order valence-corrected chi connectivity index (χ0v) is 24.6. The molecule has 6 heteroatoms. The molecule has 1 amide bonds. The summed E-state index contributed by atoms with van der Waals surface area (Å²) < 4.78 is 10.9. The fourth-order valence-corrected chi connectivity index (χ4v) is 4.48. The van der Waals surface area contributed by atoms with E-state index < -0.39 is 11.6 Å². The summed E-state index contributed by atoms with van der Waals surface area (Å²) in [4.78, 5) is 13.3. The lowest BCUT2D eigenvalue weighted by Crippen LogP contribution is -2.53. The summed E-state index contributed by atoms with van der Waals surface area (Å²) in [6.07, 6.45) is 0.656. The summed E-state index contributed by atoms with van der Waals surface area (Å²) >= 11 is 0. The van der Waals surface area contributed by atoms with Crippen molar-refractivity contribution in [2.75, 3.05) is 26.4 Å². The number of nitrogens with zero attached hydrogens (tertiary/aromatic N) is 1. The molecule has 6 nitrogen and oxygen atoms in total. The lowest BCUT2D eigenvalue weighted by atomic mass is 9.96. The van der Waals surface area contributed by atoms with E-state index in [1.165, 1.54) is 38.3 Å². The summed E-state index contributed by atoms with van der Waals surface area (Å²) in [5, 5.41) is 9.64. The average Bonchev–Trinajstić information content (AvgIpc) is 2.79. The molecule has 0 saturated heterocycles. The number of carboxylic acid groups (broad SMARTS) is 1. The topological polar surface area (TPSA) is 85.0 Å². The van der Waals surface area contributed by atoms with Crippen molar-refractivity contribution in [3.63, 3.8) is 0 Å². The molecule has 0 radical (unpaired) electrons. The summed E-state index contributed by atoms with van der Waals surface area (Å²) in [6.45, 7) is 20.4. The van der Waals surface area contributed by atoms with E-state index >= 15 is 0 Å². The summed E-state index contributed by atoms with van der Waals surface area (Å²) in [5.74, 6) is 0. The van der Waals surface area contributed by atoms with Gasteiger partial charge in [0, 0.05) is 24.8 Å². The second kappa shape index (κ2) is 15.8. The molecule has 2 atom stereocenters. The first-order valence-corrected chi connectivity index (χ1v) is 13.4. The van der Waals surface area contributed by atoms with E-state index in [-0.39, 0.29) is 12.1 Å². The summed E-state index contributed by atoms with van der Waals surface area (Å²) in [7, 11) is 0. The molecular weight excluding hydrogens is 464 g/mol. The number of carbonyl (C=O) groups is 1. The van der Waals surface area contributed by atoms with Gasteiger partial charge in [-0.1, -0.05) is 47.5 Å². The highest BCUT2D eigenvalue weighted by Crippen LogP contribution is 2.22. The van der Waals surface area contributed by atoms with Gasteiger partial charge in [-0.2, -0.15) is 0 Å². The van der Waals surface area contributed by atoms with Crippen molar-refractivity contribution >= 4 is 6.09 Å². The van der Waals surface area contributed by atoms with Gasteiger partial charge in [-0.3, -0.25) is 4.90 Å². The van der Waals surface area contributed by atoms with Gasteiger partial charge in [-0.15, -0.1) is 0 Å². The Morgan fingerprint density at radius 3 is 1.73 bits per heavy atom. The van der Waals surface area contributed by atoms with Crippen LogP contribution in [0.4, 0.5) is 4.79 Å². The van der Waals surface area contributed by atoms with Gasteiger partial charge >= 0.3 is 6.09 Å². The zero-order valence-electron chi connectivity index (χ0n) is 24.6. The van der Waals surface area contributed by atoms with Gasteiger partial charge in [-0.05, 0) is 97.4 Å². The first-order chi connectivity index (χ1) is 17.3. The van der Waals surface area contributed by atoms with Crippen molar-refractivity contribution in [2.24, 2.45) is 5.73 Å². The Morgan fingerprint density at radius 1 is 0.865 bits per heavy atom. The summed E-state index contributed by atoms with van der Waals surface area (Å²) in [6, 6.07) is 12.7. The lowest BCUT2D eigenvalue weighted by molar-refractivity contribution is 0.0235. The number of hydrogen-bond donors (Lipinski definition) is 2. The van der Waals surface area contributed by atoms with E-state index in [2.05, 4.69) is 64.1 Å². The van der Waals surface area contributed by atoms with E-state index in [0.29, 0.717) is 26.2 Å². The third-order valence-electron chi connectivity index (χ3n) is 6.28.